The minimum atomic E-state index is -0.282. The lowest BCUT2D eigenvalue weighted by Gasteiger charge is -2.30. The van der Waals surface area contributed by atoms with Gasteiger partial charge in [-0.15, -0.1) is 0 Å². The fraction of sp³-hybridized carbons (Fsp3) is 0.500. The highest BCUT2D eigenvalue weighted by Crippen LogP contribution is 2.39. The first kappa shape index (κ1) is 18.7. The Labute approximate surface area is 166 Å². The molecule has 0 spiro atoms. The largest absolute Gasteiger partial charge is 0.465 e. The van der Waals surface area contributed by atoms with E-state index in [1.807, 2.05) is 18.2 Å². The van der Waals surface area contributed by atoms with Gasteiger partial charge in [-0.05, 0) is 55.9 Å². The molecule has 0 bridgehead atoms. The van der Waals surface area contributed by atoms with E-state index in [2.05, 4.69) is 30.1 Å². The van der Waals surface area contributed by atoms with Crippen LogP contribution in [0.25, 0.3) is 0 Å². The molecule has 6 nitrogen and oxygen atoms in total. The summed E-state index contributed by atoms with van der Waals surface area (Å²) in [4.78, 5) is 23.7. The van der Waals surface area contributed by atoms with E-state index in [-0.39, 0.29) is 5.97 Å². The average molecular weight is 380 g/mol. The highest BCUT2D eigenvalue weighted by atomic mass is 16.5. The van der Waals surface area contributed by atoms with Crippen molar-refractivity contribution in [3.8, 4) is 0 Å². The Kier molecular flexibility index (Phi) is 5.20. The molecule has 2 heterocycles. The van der Waals surface area contributed by atoms with Gasteiger partial charge >= 0.3 is 5.97 Å². The predicted molar refractivity (Wildman–Crippen MR) is 110 cm³/mol. The van der Waals surface area contributed by atoms with Gasteiger partial charge in [0.1, 0.15) is 17.5 Å². The minimum Gasteiger partial charge on any atom is -0.465 e. The van der Waals surface area contributed by atoms with Crippen molar-refractivity contribution in [1.82, 2.24) is 9.97 Å². The molecule has 4 rings (SSSR count). The van der Waals surface area contributed by atoms with Gasteiger partial charge in [-0.1, -0.05) is 13.0 Å². The second kappa shape index (κ2) is 7.78. The van der Waals surface area contributed by atoms with Crippen LogP contribution in [0.5, 0.6) is 0 Å². The minimum absolute atomic E-state index is 0.282. The normalized spacial score (nSPS) is 17.0. The first-order valence-electron chi connectivity index (χ1n) is 10.2. The second-order valence-corrected chi connectivity index (χ2v) is 7.84. The van der Waals surface area contributed by atoms with Gasteiger partial charge in [0.15, 0.2) is 0 Å². The summed E-state index contributed by atoms with van der Waals surface area (Å²) in [6.07, 6.45) is 4.31. The summed E-state index contributed by atoms with van der Waals surface area (Å²) in [6, 6.07) is 8.30. The fourth-order valence-electron chi connectivity index (χ4n) is 3.56. The van der Waals surface area contributed by atoms with Gasteiger partial charge in [0.05, 0.1) is 12.7 Å². The van der Waals surface area contributed by atoms with Crippen molar-refractivity contribution in [2.24, 2.45) is 0 Å². The number of nitrogens with one attached hydrogen (secondary N) is 1. The maximum atomic E-state index is 11.8. The molecule has 0 unspecified atom stereocenters. The first-order chi connectivity index (χ1) is 13.6. The monoisotopic (exact) mass is 380 g/mol. The van der Waals surface area contributed by atoms with Gasteiger partial charge in [-0.3, -0.25) is 0 Å². The molecular formula is C22H28N4O2. The third-order valence-corrected chi connectivity index (χ3v) is 5.64. The Hall–Kier alpha value is -2.63. The molecule has 1 aliphatic heterocycles. The molecule has 28 heavy (non-hydrogen) atoms. The van der Waals surface area contributed by atoms with Crippen LogP contribution in [-0.4, -0.2) is 35.6 Å². The van der Waals surface area contributed by atoms with Gasteiger partial charge in [0.2, 0.25) is 0 Å². The lowest BCUT2D eigenvalue weighted by atomic mass is 9.97. The third-order valence-electron chi connectivity index (χ3n) is 5.64. The Bertz CT molecular complexity index is 879. The summed E-state index contributed by atoms with van der Waals surface area (Å²) in [6.45, 7) is 6.02. The first-order valence-corrected chi connectivity index (χ1v) is 10.2. The van der Waals surface area contributed by atoms with E-state index in [1.165, 1.54) is 31.1 Å². The van der Waals surface area contributed by atoms with E-state index in [4.69, 9.17) is 14.7 Å². The number of rotatable bonds is 6. The number of esters is 1. The summed E-state index contributed by atoms with van der Waals surface area (Å²) < 4.78 is 4.84. The van der Waals surface area contributed by atoms with E-state index in [0.29, 0.717) is 17.5 Å². The smallest absolute Gasteiger partial charge is 0.337 e. The molecular weight excluding hydrogens is 352 g/mol. The zero-order valence-corrected chi connectivity index (χ0v) is 16.9. The number of ether oxygens (including phenoxy) is 1. The van der Waals surface area contributed by atoms with Crippen LogP contribution < -0.4 is 10.2 Å². The number of carbonyl (C=O) groups excluding carboxylic acids is 1. The quantitative estimate of drug-likeness (QED) is 0.767. The molecule has 0 amide bonds. The Morgan fingerprint density at radius 2 is 2.11 bits per heavy atom. The zero-order valence-electron chi connectivity index (χ0n) is 16.9. The summed E-state index contributed by atoms with van der Waals surface area (Å²) in [7, 11) is 1.42. The molecule has 0 radical (unpaired) electrons. The van der Waals surface area contributed by atoms with Crippen molar-refractivity contribution in [2.75, 3.05) is 23.9 Å². The molecule has 148 valence electrons. The van der Waals surface area contributed by atoms with Crippen molar-refractivity contribution in [2.45, 2.75) is 58.0 Å². The second-order valence-electron chi connectivity index (χ2n) is 7.84. The van der Waals surface area contributed by atoms with Crippen molar-refractivity contribution >= 4 is 17.6 Å². The number of aromatic nitrogens is 2. The van der Waals surface area contributed by atoms with Crippen LogP contribution in [0.4, 0.5) is 11.6 Å². The van der Waals surface area contributed by atoms with Crippen LogP contribution in [0.15, 0.2) is 24.3 Å². The lowest BCUT2D eigenvalue weighted by Crippen LogP contribution is -2.31. The number of nitrogens with zero attached hydrogens (tertiary/aromatic N) is 3. The molecule has 0 saturated heterocycles. The standard InChI is InChI=1S/C22H28N4O2/c1-4-14(2)23-19-12-20(25-21(24-19)15-5-6-15)26-10-9-16-11-17(22(27)28-3)7-8-18(16)13-26/h7-8,11-12,14-15H,4-6,9-10,13H2,1-3H3,(H,23,24,25)/t14-/m1/s1. The number of carbonyl (C=O) groups is 1. The predicted octanol–water partition coefficient (Wildman–Crippen LogP) is 3.91. The van der Waals surface area contributed by atoms with Gasteiger partial charge in [-0.25, -0.2) is 14.8 Å². The van der Waals surface area contributed by atoms with Crippen molar-refractivity contribution < 1.29 is 9.53 Å². The van der Waals surface area contributed by atoms with E-state index in [1.54, 1.807) is 0 Å². The summed E-state index contributed by atoms with van der Waals surface area (Å²) >= 11 is 0. The Morgan fingerprint density at radius 3 is 2.82 bits per heavy atom. The Balaban J connectivity index is 1.58. The van der Waals surface area contributed by atoms with E-state index in [9.17, 15) is 4.79 Å². The SMILES string of the molecule is CC[C@@H](C)Nc1cc(N2CCc3cc(C(=O)OC)ccc3C2)nc(C2CC2)n1. The van der Waals surface area contributed by atoms with Gasteiger partial charge in [-0.2, -0.15) is 0 Å². The van der Waals surface area contributed by atoms with Crippen LogP contribution in [0, 0.1) is 0 Å². The molecule has 1 fully saturated rings. The molecule has 1 aromatic carbocycles. The fourth-order valence-corrected chi connectivity index (χ4v) is 3.56. The van der Waals surface area contributed by atoms with E-state index in [0.717, 1.165) is 43.4 Å². The molecule has 1 atom stereocenters. The van der Waals surface area contributed by atoms with Crippen molar-refractivity contribution in [1.29, 1.82) is 0 Å². The van der Waals surface area contributed by atoms with Crippen LogP contribution in [-0.2, 0) is 17.7 Å². The van der Waals surface area contributed by atoms with Crippen molar-refractivity contribution in [3.63, 3.8) is 0 Å². The topological polar surface area (TPSA) is 67.4 Å². The van der Waals surface area contributed by atoms with E-state index < -0.39 is 0 Å². The molecule has 1 saturated carbocycles. The molecule has 1 N–H and O–H groups in total. The van der Waals surface area contributed by atoms with Crippen LogP contribution in [0.1, 0.15) is 66.3 Å². The molecule has 1 aliphatic carbocycles. The molecule has 2 aliphatic rings. The number of hydrogen-bond donors (Lipinski definition) is 1. The van der Waals surface area contributed by atoms with Crippen molar-refractivity contribution in [3.05, 3.63) is 46.8 Å². The highest BCUT2D eigenvalue weighted by Gasteiger charge is 2.29. The average Bonchev–Trinajstić information content (AvgIpc) is 3.57. The number of fused-ring (bicyclic) bond motifs is 1. The van der Waals surface area contributed by atoms with Crippen LogP contribution in [0.3, 0.4) is 0 Å². The van der Waals surface area contributed by atoms with E-state index >= 15 is 0 Å². The number of methoxy groups -OCH3 is 1. The maximum Gasteiger partial charge on any atom is 0.337 e. The molecule has 1 aromatic heterocycles. The highest BCUT2D eigenvalue weighted by molar-refractivity contribution is 5.89. The van der Waals surface area contributed by atoms with Crippen LogP contribution >= 0.6 is 0 Å². The Morgan fingerprint density at radius 1 is 1.29 bits per heavy atom. The number of hydrogen-bond acceptors (Lipinski definition) is 6. The molecule has 2 aromatic rings. The van der Waals surface area contributed by atoms with Crippen LogP contribution in [0.2, 0.25) is 0 Å². The van der Waals surface area contributed by atoms with Gasteiger partial charge in [0.25, 0.3) is 0 Å². The number of benzene rings is 1. The number of anilines is 2. The third kappa shape index (κ3) is 3.96. The van der Waals surface area contributed by atoms with Gasteiger partial charge in [0, 0.05) is 31.1 Å². The zero-order chi connectivity index (χ0) is 19.7. The summed E-state index contributed by atoms with van der Waals surface area (Å²) in [5.74, 6) is 3.11. The lowest BCUT2D eigenvalue weighted by molar-refractivity contribution is 0.0600. The van der Waals surface area contributed by atoms with Gasteiger partial charge < -0.3 is 15.0 Å². The summed E-state index contributed by atoms with van der Waals surface area (Å²) in [5, 5.41) is 3.51. The maximum absolute atomic E-state index is 11.8. The molecule has 6 heteroatoms. The summed E-state index contributed by atoms with van der Waals surface area (Å²) in [5.41, 5.74) is 3.07.